The summed E-state index contributed by atoms with van der Waals surface area (Å²) in [5, 5.41) is 2.24. The molecule has 1 N–H and O–H groups in total. The Labute approximate surface area is 152 Å². The van der Waals surface area contributed by atoms with Crippen molar-refractivity contribution < 1.29 is 27.9 Å². The lowest BCUT2D eigenvalue weighted by atomic mass is 10.1. The van der Waals surface area contributed by atoms with Crippen molar-refractivity contribution in [2.45, 2.75) is 12.8 Å². The van der Waals surface area contributed by atoms with Crippen molar-refractivity contribution in [1.82, 2.24) is 0 Å². The molecule has 5 nitrogen and oxygen atoms in total. The lowest BCUT2D eigenvalue weighted by Crippen LogP contribution is -2.21. The number of Topliss-reactive ketones (excluding diaryl/α,β-unsaturated/α-hetero) is 1. The van der Waals surface area contributed by atoms with Gasteiger partial charge in [-0.2, -0.15) is 0 Å². The first-order valence-corrected chi connectivity index (χ1v) is 7.92. The van der Waals surface area contributed by atoms with E-state index < -0.39 is 30.1 Å². The quantitative estimate of drug-likeness (QED) is 0.585. The summed E-state index contributed by atoms with van der Waals surface area (Å²) < 4.78 is 30.6. The van der Waals surface area contributed by atoms with Crippen LogP contribution in [0.15, 0.2) is 42.5 Å². The van der Waals surface area contributed by atoms with E-state index in [9.17, 15) is 23.2 Å². The highest BCUT2D eigenvalue weighted by Crippen LogP contribution is 2.19. The third-order valence-electron chi connectivity index (χ3n) is 3.29. The van der Waals surface area contributed by atoms with Crippen molar-refractivity contribution in [3.63, 3.8) is 0 Å². The highest BCUT2D eigenvalue weighted by molar-refractivity contribution is 6.31. The molecule has 2 rings (SSSR count). The molecule has 0 unspecified atom stereocenters. The molecule has 0 fully saturated rings. The van der Waals surface area contributed by atoms with E-state index in [2.05, 4.69) is 5.32 Å². The van der Waals surface area contributed by atoms with Crippen LogP contribution in [0.4, 0.5) is 14.5 Å². The number of carbonyl (C=O) groups excluding carboxylic acids is 3. The zero-order chi connectivity index (χ0) is 19.1. The second-order valence-electron chi connectivity index (χ2n) is 5.27. The van der Waals surface area contributed by atoms with E-state index in [4.69, 9.17) is 16.3 Å². The third-order valence-corrected chi connectivity index (χ3v) is 3.58. The molecule has 26 heavy (non-hydrogen) atoms. The van der Waals surface area contributed by atoms with E-state index in [0.717, 1.165) is 18.2 Å². The molecular formula is C18H14ClF2NO4. The molecular weight excluding hydrogens is 368 g/mol. The highest BCUT2D eigenvalue weighted by atomic mass is 35.5. The molecule has 0 aliphatic carbocycles. The summed E-state index contributed by atoms with van der Waals surface area (Å²) in [4.78, 5) is 35.1. The molecule has 0 radical (unpaired) electrons. The van der Waals surface area contributed by atoms with Crippen LogP contribution in [0.3, 0.4) is 0 Å². The molecule has 0 bridgehead atoms. The third kappa shape index (κ3) is 5.93. The fourth-order valence-electron chi connectivity index (χ4n) is 1.98. The first-order valence-electron chi connectivity index (χ1n) is 7.54. The maximum atomic E-state index is 13.0. The minimum absolute atomic E-state index is 0.125. The zero-order valence-electron chi connectivity index (χ0n) is 13.4. The van der Waals surface area contributed by atoms with Crippen molar-refractivity contribution in [3.05, 3.63) is 64.7 Å². The summed E-state index contributed by atoms with van der Waals surface area (Å²) in [6.07, 6.45) is -0.342. The van der Waals surface area contributed by atoms with Gasteiger partial charge >= 0.3 is 5.97 Å². The standard InChI is InChI=1S/C18H14ClF2NO4/c19-14-9-13(5-6-15(14)21)22-17(24)10-26-18(25)8-7-16(23)11-1-3-12(20)4-2-11/h1-6,9H,7-8,10H2,(H,22,24). The predicted octanol–water partition coefficient (Wildman–Crippen LogP) is 3.76. The first kappa shape index (κ1) is 19.5. The molecule has 2 aromatic carbocycles. The summed E-state index contributed by atoms with van der Waals surface area (Å²) in [6.45, 7) is -0.557. The second-order valence-corrected chi connectivity index (χ2v) is 5.68. The van der Waals surface area contributed by atoms with Gasteiger partial charge in [0.1, 0.15) is 11.6 Å². The Morgan fingerprint density at radius 2 is 1.69 bits per heavy atom. The Bertz CT molecular complexity index is 824. The van der Waals surface area contributed by atoms with E-state index in [1.807, 2.05) is 0 Å². The van der Waals surface area contributed by atoms with Crippen LogP contribution in [-0.2, 0) is 14.3 Å². The van der Waals surface area contributed by atoms with Crippen molar-refractivity contribution in [2.75, 3.05) is 11.9 Å². The van der Waals surface area contributed by atoms with Gasteiger partial charge < -0.3 is 10.1 Å². The summed E-state index contributed by atoms with van der Waals surface area (Å²) in [5.74, 6) is -2.79. The van der Waals surface area contributed by atoms with E-state index in [-0.39, 0.29) is 34.9 Å². The van der Waals surface area contributed by atoms with Crippen LogP contribution in [-0.4, -0.2) is 24.3 Å². The largest absolute Gasteiger partial charge is 0.456 e. The highest BCUT2D eigenvalue weighted by Gasteiger charge is 2.12. The van der Waals surface area contributed by atoms with Gasteiger partial charge in [-0.05, 0) is 42.5 Å². The zero-order valence-corrected chi connectivity index (χ0v) is 14.2. The number of carbonyl (C=O) groups is 3. The second kappa shape index (κ2) is 9.05. The van der Waals surface area contributed by atoms with Gasteiger partial charge in [0.05, 0.1) is 11.4 Å². The number of ether oxygens (including phenoxy) is 1. The predicted molar refractivity (Wildman–Crippen MR) is 91.0 cm³/mol. The minimum Gasteiger partial charge on any atom is -0.456 e. The summed E-state index contributed by atoms with van der Waals surface area (Å²) in [5.41, 5.74) is 0.536. The molecule has 0 saturated carbocycles. The molecule has 1 amide bonds. The maximum Gasteiger partial charge on any atom is 0.306 e. The number of hydrogen-bond acceptors (Lipinski definition) is 4. The molecule has 0 saturated heterocycles. The first-order chi connectivity index (χ1) is 12.3. The number of hydrogen-bond donors (Lipinski definition) is 1. The monoisotopic (exact) mass is 381 g/mol. The maximum absolute atomic E-state index is 13.0. The van der Waals surface area contributed by atoms with E-state index in [1.165, 1.54) is 24.3 Å². The van der Waals surface area contributed by atoms with E-state index >= 15 is 0 Å². The van der Waals surface area contributed by atoms with Crippen molar-refractivity contribution in [3.8, 4) is 0 Å². The van der Waals surface area contributed by atoms with Crippen LogP contribution < -0.4 is 5.32 Å². The number of ketones is 1. The molecule has 0 spiro atoms. The van der Waals surface area contributed by atoms with Gasteiger partial charge in [-0.3, -0.25) is 14.4 Å². The number of anilines is 1. The fourth-order valence-corrected chi connectivity index (χ4v) is 2.17. The van der Waals surface area contributed by atoms with Gasteiger partial charge in [0.15, 0.2) is 12.4 Å². The minimum atomic E-state index is -0.729. The Balaban J connectivity index is 1.73. The van der Waals surface area contributed by atoms with Crippen molar-refractivity contribution in [2.24, 2.45) is 0 Å². The molecule has 0 aromatic heterocycles. The Hall–Kier alpha value is -2.80. The lowest BCUT2D eigenvalue weighted by Gasteiger charge is -2.07. The Morgan fingerprint density at radius 1 is 1.00 bits per heavy atom. The molecule has 0 aliphatic rings. The summed E-state index contributed by atoms with van der Waals surface area (Å²) >= 11 is 5.59. The van der Waals surface area contributed by atoms with Gasteiger partial charge in [-0.1, -0.05) is 11.6 Å². The molecule has 0 atom stereocenters. The Kier molecular flexibility index (Phi) is 6.80. The Morgan fingerprint density at radius 3 is 2.35 bits per heavy atom. The number of esters is 1. The molecule has 136 valence electrons. The number of halogens is 3. The van der Waals surface area contributed by atoms with Crippen LogP contribution in [0.2, 0.25) is 5.02 Å². The summed E-state index contributed by atoms with van der Waals surface area (Å²) in [7, 11) is 0. The van der Waals surface area contributed by atoms with Crippen LogP contribution >= 0.6 is 11.6 Å². The summed E-state index contributed by atoms with van der Waals surface area (Å²) in [6, 6.07) is 8.56. The van der Waals surface area contributed by atoms with Crippen molar-refractivity contribution >= 4 is 34.9 Å². The van der Waals surface area contributed by atoms with E-state index in [0.29, 0.717) is 0 Å². The van der Waals surface area contributed by atoms with Crippen LogP contribution in [0.25, 0.3) is 0 Å². The fraction of sp³-hybridized carbons (Fsp3) is 0.167. The van der Waals surface area contributed by atoms with Gasteiger partial charge in [-0.15, -0.1) is 0 Å². The van der Waals surface area contributed by atoms with Gasteiger partial charge in [0.25, 0.3) is 5.91 Å². The topological polar surface area (TPSA) is 72.5 Å². The number of nitrogens with one attached hydrogen (secondary N) is 1. The molecule has 8 heteroatoms. The van der Waals surface area contributed by atoms with Gasteiger partial charge in [0, 0.05) is 17.7 Å². The number of rotatable bonds is 7. The van der Waals surface area contributed by atoms with Crippen LogP contribution in [0.1, 0.15) is 23.2 Å². The van der Waals surface area contributed by atoms with Crippen LogP contribution in [0.5, 0.6) is 0 Å². The SMILES string of the molecule is O=C(COC(=O)CCC(=O)c1ccc(F)cc1)Nc1ccc(F)c(Cl)c1. The molecule has 2 aromatic rings. The number of amides is 1. The lowest BCUT2D eigenvalue weighted by molar-refractivity contribution is -0.147. The van der Waals surface area contributed by atoms with E-state index in [1.54, 1.807) is 0 Å². The van der Waals surface area contributed by atoms with Crippen LogP contribution in [0, 0.1) is 11.6 Å². The van der Waals surface area contributed by atoms with Gasteiger partial charge in [-0.25, -0.2) is 8.78 Å². The average molecular weight is 382 g/mol. The molecule has 0 aliphatic heterocycles. The number of benzene rings is 2. The smallest absolute Gasteiger partial charge is 0.306 e. The molecule has 0 heterocycles. The van der Waals surface area contributed by atoms with Gasteiger partial charge in [0.2, 0.25) is 0 Å². The average Bonchev–Trinajstić information content (AvgIpc) is 2.61. The van der Waals surface area contributed by atoms with Crippen molar-refractivity contribution in [1.29, 1.82) is 0 Å². The normalized spacial score (nSPS) is 10.3.